The van der Waals surface area contributed by atoms with Crippen LogP contribution in [-0.2, 0) is 0 Å². The summed E-state index contributed by atoms with van der Waals surface area (Å²) < 4.78 is 0. The summed E-state index contributed by atoms with van der Waals surface area (Å²) in [6, 6.07) is 7.49. The fraction of sp³-hybridized carbons (Fsp3) is 0.700. The summed E-state index contributed by atoms with van der Waals surface area (Å²) in [6.45, 7) is 9.94. The van der Waals surface area contributed by atoms with E-state index >= 15 is 0 Å². The van der Waals surface area contributed by atoms with Gasteiger partial charge in [0.1, 0.15) is 0 Å². The van der Waals surface area contributed by atoms with Gasteiger partial charge in [0, 0.05) is 6.04 Å². The van der Waals surface area contributed by atoms with Gasteiger partial charge in [0.05, 0.1) is 0 Å². The lowest BCUT2D eigenvalue weighted by Crippen LogP contribution is -2.21. The quantitative estimate of drug-likeness (QED) is 0.486. The zero-order valence-corrected chi connectivity index (χ0v) is 14.7. The average molecular weight is 290 g/mol. The van der Waals surface area contributed by atoms with E-state index < -0.39 is 0 Å². The fourth-order valence-electron chi connectivity index (χ4n) is 3.15. The van der Waals surface area contributed by atoms with Crippen molar-refractivity contribution in [2.45, 2.75) is 85.1 Å². The molecule has 1 unspecified atom stereocenters. The Morgan fingerprint density at radius 2 is 1.38 bits per heavy atom. The first-order valence-corrected chi connectivity index (χ1v) is 8.99. The van der Waals surface area contributed by atoms with E-state index in [2.05, 4.69) is 51.2 Å². The van der Waals surface area contributed by atoms with Gasteiger partial charge in [-0.15, -0.1) is 0 Å². The van der Waals surface area contributed by atoms with Crippen molar-refractivity contribution in [3.05, 3.63) is 34.9 Å². The van der Waals surface area contributed by atoms with Crippen LogP contribution in [0.3, 0.4) is 0 Å². The van der Waals surface area contributed by atoms with Gasteiger partial charge in [-0.2, -0.15) is 0 Å². The van der Waals surface area contributed by atoms with E-state index in [-0.39, 0.29) is 0 Å². The number of unbranched alkanes of at least 4 members (excludes halogenated alkanes) is 6. The minimum absolute atomic E-state index is 0.532. The van der Waals surface area contributed by atoms with Crippen molar-refractivity contribution in [3.63, 3.8) is 0 Å². The molecular formula is C20H35N. The van der Waals surface area contributed by atoms with Crippen molar-refractivity contribution in [1.82, 2.24) is 5.32 Å². The molecule has 0 aliphatic heterocycles. The van der Waals surface area contributed by atoms with Gasteiger partial charge >= 0.3 is 0 Å². The Morgan fingerprint density at radius 1 is 0.810 bits per heavy atom. The molecule has 120 valence electrons. The highest BCUT2D eigenvalue weighted by Crippen LogP contribution is 2.22. The Bertz CT molecular complexity index is 363. The van der Waals surface area contributed by atoms with Crippen molar-refractivity contribution in [2.75, 3.05) is 6.54 Å². The molecule has 0 aliphatic carbocycles. The largest absolute Gasteiger partial charge is 0.310 e. The maximum absolute atomic E-state index is 3.66. The first-order valence-electron chi connectivity index (χ1n) is 8.99. The van der Waals surface area contributed by atoms with Crippen LogP contribution in [0.1, 0.15) is 87.9 Å². The Labute approximate surface area is 132 Å². The van der Waals surface area contributed by atoms with Crippen LogP contribution in [0, 0.1) is 13.8 Å². The zero-order valence-electron chi connectivity index (χ0n) is 14.7. The molecule has 1 aromatic carbocycles. The molecule has 0 aliphatic rings. The summed E-state index contributed by atoms with van der Waals surface area (Å²) in [6.07, 6.45) is 11.0. The Morgan fingerprint density at radius 3 is 1.95 bits per heavy atom. The van der Waals surface area contributed by atoms with E-state index in [0.717, 1.165) is 6.54 Å². The first-order chi connectivity index (χ1) is 10.2. The second-order valence-electron chi connectivity index (χ2n) is 6.44. The third kappa shape index (κ3) is 7.66. The van der Waals surface area contributed by atoms with Crippen LogP contribution in [0.2, 0.25) is 0 Å². The Balaban J connectivity index is 2.39. The monoisotopic (exact) mass is 289 g/mol. The lowest BCUT2D eigenvalue weighted by molar-refractivity contribution is 0.475. The number of nitrogens with one attached hydrogen (secondary N) is 1. The van der Waals surface area contributed by atoms with E-state index in [1.165, 1.54) is 68.1 Å². The van der Waals surface area contributed by atoms with Crippen molar-refractivity contribution in [2.24, 2.45) is 0 Å². The normalized spacial score (nSPS) is 12.6. The molecule has 1 N–H and O–H groups in total. The highest BCUT2D eigenvalue weighted by atomic mass is 14.9. The molecule has 0 amide bonds. The maximum Gasteiger partial charge on any atom is 0.0320 e. The van der Waals surface area contributed by atoms with Crippen LogP contribution in [0.15, 0.2) is 18.2 Å². The summed E-state index contributed by atoms with van der Waals surface area (Å²) in [5.74, 6) is 0. The SMILES string of the molecule is CCCCCCCCCC(NCC)c1cc(C)cc(C)c1. The van der Waals surface area contributed by atoms with Crippen molar-refractivity contribution in [1.29, 1.82) is 0 Å². The van der Waals surface area contributed by atoms with Gasteiger partial charge in [-0.3, -0.25) is 0 Å². The van der Waals surface area contributed by atoms with Gasteiger partial charge in [0.2, 0.25) is 0 Å². The predicted octanol–water partition coefficient (Wildman–Crippen LogP) is 6.09. The Kier molecular flexibility index (Phi) is 9.41. The van der Waals surface area contributed by atoms with E-state index in [1.807, 2.05) is 0 Å². The van der Waals surface area contributed by atoms with E-state index in [9.17, 15) is 0 Å². The average Bonchev–Trinajstić information content (AvgIpc) is 2.44. The molecule has 0 saturated carbocycles. The van der Waals surface area contributed by atoms with Crippen molar-refractivity contribution >= 4 is 0 Å². The summed E-state index contributed by atoms with van der Waals surface area (Å²) in [5.41, 5.74) is 4.24. The van der Waals surface area contributed by atoms with Gasteiger partial charge in [0.25, 0.3) is 0 Å². The smallest absolute Gasteiger partial charge is 0.0320 e. The molecule has 0 aromatic heterocycles. The van der Waals surface area contributed by atoms with Gasteiger partial charge in [-0.1, -0.05) is 88.1 Å². The molecule has 0 heterocycles. The van der Waals surface area contributed by atoms with E-state index in [0.29, 0.717) is 6.04 Å². The molecule has 21 heavy (non-hydrogen) atoms. The second kappa shape index (κ2) is 10.8. The highest BCUT2D eigenvalue weighted by Gasteiger charge is 2.10. The molecule has 0 bridgehead atoms. The molecular weight excluding hydrogens is 254 g/mol. The third-order valence-corrected chi connectivity index (χ3v) is 4.19. The van der Waals surface area contributed by atoms with Crippen molar-refractivity contribution < 1.29 is 0 Å². The molecule has 1 rings (SSSR count). The maximum atomic E-state index is 3.66. The third-order valence-electron chi connectivity index (χ3n) is 4.19. The lowest BCUT2D eigenvalue weighted by atomic mass is 9.96. The molecule has 0 fully saturated rings. The van der Waals surface area contributed by atoms with E-state index in [4.69, 9.17) is 0 Å². The molecule has 1 atom stereocenters. The summed E-state index contributed by atoms with van der Waals surface area (Å²) in [7, 11) is 0. The van der Waals surface area contributed by atoms with Crippen LogP contribution in [0.4, 0.5) is 0 Å². The number of hydrogen-bond donors (Lipinski definition) is 1. The molecule has 1 aromatic rings. The second-order valence-corrected chi connectivity index (χ2v) is 6.44. The minimum atomic E-state index is 0.532. The standard InChI is InChI=1S/C20H35N/c1-5-7-8-9-10-11-12-13-20(21-6-2)19-15-17(3)14-18(4)16-19/h14-16,20-21H,5-13H2,1-4H3. The van der Waals surface area contributed by atoms with Gasteiger partial charge in [-0.25, -0.2) is 0 Å². The number of hydrogen-bond acceptors (Lipinski definition) is 1. The topological polar surface area (TPSA) is 12.0 Å². The van der Waals surface area contributed by atoms with E-state index in [1.54, 1.807) is 0 Å². The van der Waals surface area contributed by atoms with Crippen molar-refractivity contribution in [3.8, 4) is 0 Å². The van der Waals surface area contributed by atoms with Gasteiger partial charge in [-0.05, 0) is 32.4 Å². The summed E-state index contributed by atoms with van der Waals surface area (Å²) in [5, 5.41) is 3.66. The van der Waals surface area contributed by atoms with Crippen LogP contribution in [0.5, 0.6) is 0 Å². The number of rotatable bonds is 11. The Hall–Kier alpha value is -0.820. The lowest BCUT2D eigenvalue weighted by Gasteiger charge is -2.19. The molecule has 0 saturated heterocycles. The number of benzene rings is 1. The number of aryl methyl sites for hydroxylation is 2. The minimum Gasteiger partial charge on any atom is -0.310 e. The zero-order chi connectivity index (χ0) is 15.5. The van der Waals surface area contributed by atoms with Crippen LogP contribution in [-0.4, -0.2) is 6.54 Å². The first kappa shape index (κ1) is 18.2. The molecule has 1 nitrogen and oxygen atoms in total. The molecule has 0 radical (unpaired) electrons. The summed E-state index contributed by atoms with van der Waals surface area (Å²) >= 11 is 0. The summed E-state index contributed by atoms with van der Waals surface area (Å²) in [4.78, 5) is 0. The predicted molar refractivity (Wildman–Crippen MR) is 94.9 cm³/mol. The fourth-order valence-corrected chi connectivity index (χ4v) is 3.15. The highest BCUT2D eigenvalue weighted by molar-refractivity contribution is 5.30. The van der Waals surface area contributed by atoms with Gasteiger partial charge in [0.15, 0.2) is 0 Å². The van der Waals surface area contributed by atoms with Crippen LogP contribution >= 0.6 is 0 Å². The molecule has 0 spiro atoms. The molecule has 1 heteroatoms. The van der Waals surface area contributed by atoms with Crippen LogP contribution in [0.25, 0.3) is 0 Å². The van der Waals surface area contributed by atoms with Crippen LogP contribution < -0.4 is 5.32 Å². The van der Waals surface area contributed by atoms with Gasteiger partial charge < -0.3 is 5.32 Å².